The van der Waals surface area contributed by atoms with Gasteiger partial charge in [0.15, 0.2) is 0 Å². The lowest BCUT2D eigenvalue weighted by Gasteiger charge is -2.06. The fourth-order valence-electron chi connectivity index (χ4n) is 1.29. The average molecular weight is 202 g/mol. The average Bonchev–Trinajstić information content (AvgIpc) is 2.30. The Morgan fingerprint density at radius 1 is 1.53 bits per heavy atom. The first-order valence-electron chi connectivity index (χ1n) is 4.76. The van der Waals surface area contributed by atoms with Crippen molar-refractivity contribution in [3.8, 4) is 11.8 Å². The molecule has 2 N–H and O–H groups in total. The molecule has 3 nitrogen and oxygen atoms in total. The molecule has 15 heavy (non-hydrogen) atoms. The van der Waals surface area contributed by atoms with E-state index >= 15 is 0 Å². The largest absolute Gasteiger partial charge is 0.497 e. The lowest BCUT2D eigenvalue weighted by molar-refractivity contribution is 0.414. The Hall–Kier alpha value is -1.95. The van der Waals surface area contributed by atoms with Crippen molar-refractivity contribution < 1.29 is 4.74 Å². The van der Waals surface area contributed by atoms with Crippen molar-refractivity contribution >= 4 is 5.70 Å². The number of hydrogen-bond acceptors (Lipinski definition) is 3. The molecule has 0 bridgehead atoms. The number of benzene rings is 1. The topological polar surface area (TPSA) is 59.0 Å². The number of ether oxygens (including phenoxy) is 1. The second-order valence-corrected chi connectivity index (χ2v) is 3.09. The van der Waals surface area contributed by atoms with Gasteiger partial charge in [-0.2, -0.15) is 5.26 Å². The van der Waals surface area contributed by atoms with Crippen LogP contribution in [0.15, 0.2) is 29.8 Å². The molecular formula is C12H14N2O. The summed E-state index contributed by atoms with van der Waals surface area (Å²) >= 11 is 0. The van der Waals surface area contributed by atoms with Gasteiger partial charge in [-0.25, -0.2) is 0 Å². The molecule has 1 rings (SSSR count). The van der Waals surface area contributed by atoms with Gasteiger partial charge < -0.3 is 10.5 Å². The first-order chi connectivity index (χ1) is 7.22. The summed E-state index contributed by atoms with van der Waals surface area (Å²) in [5, 5.41) is 8.87. The summed E-state index contributed by atoms with van der Waals surface area (Å²) in [4.78, 5) is 0. The number of nitrogens with two attached hydrogens (primary N) is 1. The molecule has 0 unspecified atom stereocenters. The maximum Gasteiger partial charge on any atom is 0.119 e. The third kappa shape index (κ3) is 2.50. The summed E-state index contributed by atoms with van der Waals surface area (Å²) in [6, 6.07) is 9.48. The zero-order chi connectivity index (χ0) is 11.3. The highest BCUT2D eigenvalue weighted by Gasteiger charge is 2.04. The second kappa shape index (κ2) is 5.06. The third-order valence-electron chi connectivity index (χ3n) is 2.19. The Balaban J connectivity index is 3.16. The van der Waals surface area contributed by atoms with E-state index in [0.29, 0.717) is 17.7 Å². The highest BCUT2D eigenvalue weighted by Crippen LogP contribution is 2.20. The van der Waals surface area contributed by atoms with Crippen LogP contribution in [0, 0.1) is 11.3 Å². The van der Waals surface area contributed by atoms with Crippen molar-refractivity contribution in [3.63, 3.8) is 0 Å². The van der Waals surface area contributed by atoms with Crippen molar-refractivity contribution in [3.05, 3.63) is 35.4 Å². The van der Waals surface area contributed by atoms with E-state index in [2.05, 4.69) is 6.07 Å². The minimum Gasteiger partial charge on any atom is -0.497 e. The predicted octanol–water partition coefficient (Wildman–Crippen LogP) is 2.30. The van der Waals surface area contributed by atoms with Gasteiger partial charge in [-0.1, -0.05) is 19.1 Å². The van der Waals surface area contributed by atoms with Crippen LogP contribution in [0.3, 0.4) is 0 Å². The molecule has 0 saturated heterocycles. The Kier molecular flexibility index (Phi) is 3.75. The number of allylic oxidation sites excluding steroid dienone is 1. The van der Waals surface area contributed by atoms with Gasteiger partial charge in [-0.3, -0.25) is 0 Å². The van der Waals surface area contributed by atoms with Crippen molar-refractivity contribution in [1.29, 1.82) is 5.26 Å². The Labute approximate surface area is 89.8 Å². The number of rotatable bonds is 3. The molecule has 0 aliphatic rings. The molecule has 0 fully saturated rings. The van der Waals surface area contributed by atoms with E-state index in [1.165, 1.54) is 0 Å². The van der Waals surface area contributed by atoms with Crippen molar-refractivity contribution in [2.24, 2.45) is 5.73 Å². The van der Waals surface area contributed by atoms with Gasteiger partial charge in [0.1, 0.15) is 5.75 Å². The lowest BCUT2D eigenvalue weighted by Crippen LogP contribution is -2.00. The predicted molar refractivity (Wildman–Crippen MR) is 60.0 cm³/mol. The third-order valence-corrected chi connectivity index (χ3v) is 2.19. The molecular weight excluding hydrogens is 188 g/mol. The van der Waals surface area contributed by atoms with E-state index in [4.69, 9.17) is 15.7 Å². The zero-order valence-electron chi connectivity index (χ0n) is 8.95. The molecule has 0 aliphatic carbocycles. The van der Waals surface area contributed by atoms with Gasteiger partial charge in [0.05, 0.1) is 24.4 Å². The summed E-state index contributed by atoms with van der Waals surface area (Å²) < 4.78 is 5.09. The van der Waals surface area contributed by atoms with Crippen LogP contribution in [0.5, 0.6) is 5.75 Å². The van der Waals surface area contributed by atoms with E-state index in [1.54, 1.807) is 7.11 Å². The number of hydrogen-bond donors (Lipinski definition) is 1. The molecule has 0 atom stereocenters. The molecule has 1 aromatic carbocycles. The first-order valence-corrected chi connectivity index (χ1v) is 4.76. The molecule has 0 spiro atoms. The van der Waals surface area contributed by atoms with E-state index in [0.717, 1.165) is 11.3 Å². The smallest absolute Gasteiger partial charge is 0.119 e. The van der Waals surface area contributed by atoms with E-state index in [-0.39, 0.29) is 0 Å². The quantitative estimate of drug-likeness (QED) is 0.765. The van der Waals surface area contributed by atoms with Crippen LogP contribution in [0.4, 0.5) is 0 Å². The molecule has 0 aromatic heterocycles. The minimum atomic E-state index is 0.527. The molecule has 0 heterocycles. The van der Waals surface area contributed by atoms with Crippen molar-refractivity contribution in [2.75, 3.05) is 7.11 Å². The van der Waals surface area contributed by atoms with Crippen LogP contribution in [0.25, 0.3) is 5.70 Å². The zero-order valence-corrected chi connectivity index (χ0v) is 8.95. The van der Waals surface area contributed by atoms with E-state index < -0.39 is 0 Å². The number of methoxy groups -OCH3 is 1. The highest BCUT2D eigenvalue weighted by atomic mass is 16.5. The maximum absolute atomic E-state index is 8.87. The van der Waals surface area contributed by atoms with E-state index in [9.17, 15) is 0 Å². The standard InChI is InChI=1S/C12H14N2O/c1-3-9(8-13)12(14)10-5-4-6-11(7-10)15-2/h4-7H,3,14H2,1-2H3/b12-9-. The fourth-order valence-corrected chi connectivity index (χ4v) is 1.29. The van der Waals surface area contributed by atoms with Crippen molar-refractivity contribution in [1.82, 2.24) is 0 Å². The molecule has 1 aromatic rings. The fraction of sp³-hybridized carbons (Fsp3) is 0.250. The Morgan fingerprint density at radius 3 is 2.80 bits per heavy atom. The van der Waals surface area contributed by atoms with Crippen LogP contribution in [-0.2, 0) is 0 Å². The summed E-state index contributed by atoms with van der Waals surface area (Å²) in [6.07, 6.45) is 0.638. The first kappa shape index (κ1) is 11.1. The lowest BCUT2D eigenvalue weighted by atomic mass is 10.1. The minimum absolute atomic E-state index is 0.527. The van der Waals surface area contributed by atoms with Gasteiger partial charge in [-0.05, 0) is 18.6 Å². The van der Waals surface area contributed by atoms with Gasteiger partial charge in [-0.15, -0.1) is 0 Å². The van der Waals surface area contributed by atoms with E-state index in [1.807, 2.05) is 31.2 Å². The second-order valence-electron chi connectivity index (χ2n) is 3.09. The summed E-state index contributed by atoms with van der Waals surface area (Å²) in [6.45, 7) is 1.91. The summed E-state index contributed by atoms with van der Waals surface area (Å²) in [5.41, 5.74) is 7.84. The molecule has 78 valence electrons. The molecule has 3 heteroatoms. The van der Waals surface area contributed by atoms with Gasteiger partial charge in [0, 0.05) is 5.56 Å². The van der Waals surface area contributed by atoms with Crippen molar-refractivity contribution in [2.45, 2.75) is 13.3 Å². The maximum atomic E-state index is 8.87. The summed E-state index contributed by atoms with van der Waals surface area (Å²) in [5.74, 6) is 0.740. The van der Waals surface area contributed by atoms with Crippen LogP contribution < -0.4 is 10.5 Å². The monoisotopic (exact) mass is 202 g/mol. The Bertz CT molecular complexity index is 416. The van der Waals surface area contributed by atoms with Gasteiger partial charge in [0.25, 0.3) is 0 Å². The van der Waals surface area contributed by atoms with Gasteiger partial charge >= 0.3 is 0 Å². The van der Waals surface area contributed by atoms with Crippen LogP contribution in [0.2, 0.25) is 0 Å². The van der Waals surface area contributed by atoms with Crippen LogP contribution in [0.1, 0.15) is 18.9 Å². The van der Waals surface area contributed by atoms with Gasteiger partial charge in [0.2, 0.25) is 0 Å². The van der Waals surface area contributed by atoms with Crippen LogP contribution >= 0.6 is 0 Å². The number of nitrogens with zero attached hydrogens (tertiary/aromatic N) is 1. The highest BCUT2D eigenvalue weighted by molar-refractivity contribution is 5.69. The SMILES string of the molecule is CC/C(C#N)=C(/N)c1cccc(OC)c1. The normalized spacial score (nSPS) is 11.5. The molecule has 0 saturated carbocycles. The molecule has 0 amide bonds. The number of nitriles is 1. The van der Waals surface area contributed by atoms with Crippen LogP contribution in [-0.4, -0.2) is 7.11 Å². The Morgan fingerprint density at radius 2 is 2.27 bits per heavy atom. The molecule has 0 aliphatic heterocycles. The molecule has 0 radical (unpaired) electrons. The summed E-state index contributed by atoms with van der Waals surface area (Å²) in [7, 11) is 1.60.